The van der Waals surface area contributed by atoms with Gasteiger partial charge in [0.2, 0.25) is 10.8 Å². The molecule has 0 aromatic rings. The minimum Gasteiger partial charge on any atom is -0.466 e. The van der Waals surface area contributed by atoms with E-state index in [2.05, 4.69) is 5.32 Å². The SMILES string of the molecule is COC(=O)[C@@]1(SSC(C)(C)C)C[C@H](OC(C)=O)[C@@H](NC(C)=O)[C@H]([C@H](OC(C)=O)[C@H]2COC(C)(C)O2)O1. The Morgan fingerprint density at radius 1 is 1.06 bits per heavy atom. The molecule has 2 heterocycles. The van der Waals surface area contributed by atoms with Gasteiger partial charge in [0.15, 0.2) is 11.9 Å². The first-order chi connectivity index (χ1) is 16.5. The molecule has 2 saturated heterocycles. The van der Waals surface area contributed by atoms with Crippen molar-refractivity contribution in [3.8, 4) is 0 Å². The second kappa shape index (κ2) is 11.9. The van der Waals surface area contributed by atoms with Crippen molar-refractivity contribution >= 4 is 45.4 Å². The van der Waals surface area contributed by atoms with E-state index in [-0.39, 0.29) is 17.8 Å². The number of nitrogens with one attached hydrogen (secondary N) is 1. The fourth-order valence-electron chi connectivity index (χ4n) is 3.94. The van der Waals surface area contributed by atoms with Crippen LogP contribution in [-0.4, -0.2) is 83.5 Å². The topological polar surface area (TPSA) is 136 Å². The van der Waals surface area contributed by atoms with Crippen LogP contribution in [0.1, 0.15) is 61.8 Å². The fraction of sp³-hybridized carbons (Fsp3) is 0.826. The van der Waals surface area contributed by atoms with Gasteiger partial charge in [0, 0.05) is 31.9 Å². The zero-order valence-corrected chi connectivity index (χ0v) is 23.8. The molecule has 2 aliphatic heterocycles. The molecule has 2 fully saturated rings. The Hall–Kier alpha value is -1.54. The van der Waals surface area contributed by atoms with E-state index in [1.165, 1.54) is 38.7 Å². The molecule has 0 saturated carbocycles. The van der Waals surface area contributed by atoms with Gasteiger partial charge in [0.1, 0.15) is 18.3 Å². The number of carbonyl (C=O) groups excluding carboxylic acids is 4. The number of carbonyl (C=O) groups is 4. The van der Waals surface area contributed by atoms with Crippen LogP contribution in [0.25, 0.3) is 0 Å². The number of rotatable bonds is 8. The molecule has 1 N–H and O–H groups in total. The summed E-state index contributed by atoms with van der Waals surface area (Å²) >= 11 is 0. The second-order valence-corrected chi connectivity index (χ2v) is 13.3. The summed E-state index contributed by atoms with van der Waals surface area (Å²) < 4.78 is 34.2. The van der Waals surface area contributed by atoms with Crippen molar-refractivity contribution in [1.82, 2.24) is 5.32 Å². The first-order valence-electron chi connectivity index (χ1n) is 11.5. The standard InChI is InChI=1S/C23H37NO10S2/c1-12(25)24-17-15(31-13(2)26)10-23(20(28)29-9,36-35-21(4,5)6)34-19(17)18(32-14(3)27)16-11-30-22(7,8)33-16/h15-19H,10-11H2,1-9H3,(H,24,25)/t15-,16+,17+,18+,19+,23-/m0/s1. The highest BCUT2D eigenvalue weighted by Crippen LogP contribution is 2.51. The summed E-state index contributed by atoms with van der Waals surface area (Å²) in [4.78, 5) is 48.0. The van der Waals surface area contributed by atoms with Crippen molar-refractivity contribution in [1.29, 1.82) is 0 Å². The Morgan fingerprint density at radius 3 is 2.14 bits per heavy atom. The lowest BCUT2D eigenvalue weighted by Crippen LogP contribution is -2.67. The van der Waals surface area contributed by atoms with E-state index in [1.807, 2.05) is 20.8 Å². The van der Waals surface area contributed by atoms with Gasteiger partial charge in [-0.2, -0.15) is 0 Å². The highest BCUT2D eigenvalue weighted by Gasteiger charge is 2.59. The highest BCUT2D eigenvalue weighted by molar-refractivity contribution is 8.77. The van der Waals surface area contributed by atoms with Crippen molar-refractivity contribution in [2.24, 2.45) is 0 Å². The monoisotopic (exact) mass is 551 g/mol. The van der Waals surface area contributed by atoms with Crippen molar-refractivity contribution < 1.29 is 47.6 Å². The molecule has 0 spiro atoms. The van der Waals surface area contributed by atoms with Gasteiger partial charge in [-0.05, 0) is 24.6 Å². The van der Waals surface area contributed by atoms with Crippen molar-refractivity contribution in [2.75, 3.05) is 13.7 Å². The normalized spacial score (nSPS) is 30.7. The molecule has 13 heteroatoms. The summed E-state index contributed by atoms with van der Waals surface area (Å²) in [6.07, 6.45) is -4.20. The molecule has 36 heavy (non-hydrogen) atoms. The third-order valence-corrected chi connectivity index (χ3v) is 9.02. The Balaban J connectivity index is 2.63. The molecule has 0 aromatic carbocycles. The highest BCUT2D eigenvalue weighted by atomic mass is 33.1. The molecule has 0 aromatic heterocycles. The summed E-state index contributed by atoms with van der Waals surface area (Å²) in [7, 11) is 3.73. The quantitative estimate of drug-likeness (QED) is 0.269. The lowest BCUT2D eigenvalue weighted by molar-refractivity contribution is -0.224. The van der Waals surface area contributed by atoms with Crippen LogP contribution < -0.4 is 5.32 Å². The maximum atomic E-state index is 13.2. The molecule has 0 radical (unpaired) electrons. The average molecular weight is 552 g/mol. The van der Waals surface area contributed by atoms with Crippen LogP contribution in [0.3, 0.4) is 0 Å². The Bertz CT molecular complexity index is 845. The molecule has 11 nitrogen and oxygen atoms in total. The number of amides is 1. The average Bonchev–Trinajstić information content (AvgIpc) is 3.09. The van der Waals surface area contributed by atoms with E-state index < -0.39 is 65.0 Å². The van der Waals surface area contributed by atoms with Gasteiger partial charge in [-0.3, -0.25) is 14.4 Å². The molecule has 206 valence electrons. The minimum atomic E-state index is -1.65. The number of hydrogen-bond acceptors (Lipinski definition) is 12. The van der Waals surface area contributed by atoms with Crippen LogP contribution in [0.4, 0.5) is 0 Å². The van der Waals surface area contributed by atoms with Gasteiger partial charge < -0.3 is 33.7 Å². The summed E-state index contributed by atoms with van der Waals surface area (Å²) in [6.45, 7) is 13.1. The Kier molecular flexibility index (Phi) is 10.1. The number of hydrogen-bond donors (Lipinski definition) is 1. The van der Waals surface area contributed by atoms with Crippen molar-refractivity contribution in [2.45, 2.75) is 108 Å². The summed E-state index contributed by atoms with van der Waals surface area (Å²) in [6, 6.07) is -0.971. The van der Waals surface area contributed by atoms with Crippen LogP contribution in [0.2, 0.25) is 0 Å². The third-order valence-electron chi connectivity index (χ3n) is 5.18. The van der Waals surface area contributed by atoms with E-state index in [1.54, 1.807) is 13.8 Å². The van der Waals surface area contributed by atoms with Crippen LogP contribution in [0, 0.1) is 0 Å². The zero-order chi connectivity index (χ0) is 27.5. The molecular formula is C23H37NO10S2. The Morgan fingerprint density at radius 2 is 1.69 bits per heavy atom. The largest absolute Gasteiger partial charge is 0.466 e. The molecule has 2 aliphatic rings. The molecule has 0 aliphatic carbocycles. The van der Waals surface area contributed by atoms with E-state index in [4.69, 9.17) is 28.4 Å². The first kappa shape index (κ1) is 30.7. The number of ether oxygens (including phenoxy) is 6. The summed E-state index contributed by atoms with van der Waals surface area (Å²) in [5, 5.41) is 2.76. The molecule has 6 atom stereocenters. The lowest BCUT2D eigenvalue weighted by Gasteiger charge is -2.48. The number of methoxy groups -OCH3 is 1. The van der Waals surface area contributed by atoms with Gasteiger partial charge in [-0.1, -0.05) is 31.6 Å². The first-order valence-corrected chi connectivity index (χ1v) is 13.7. The molecule has 2 rings (SSSR count). The Labute approximate surface area is 219 Å². The smallest absolute Gasteiger partial charge is 0.349 e. The van der Waals surface area contributed by atoms with Gasteiger partial charge in [-0.25, -0.2) is 4.79 Å². The fourth-order valence-corrected chi connectivity index (χ4v) is 6.54. The van der Waals surface area contributed by atoms with E-state index in [0.717, 1.165) is 10.8 Å². The van der Waals surface area contributed by atoms with Gasteiger partial charge in [0.25, 0.3) is 0 Å². The van der Waals surface area contributed by atoms with Crippen LogP contribution in [-0.2, 0) is 47.6 Å². The van der Waals surface area contributed by atoms with E-state index in [9.17, 15) is 19.2 Å². The third kappa shape index (κ3) is 8.23. The van der Waals surface area contributed by atoms with Crippen LogP contribution in [0.5, 0.6) is 0 Å². The van der Waals surface area contributed by atoms with Gasteiger partial charge in [-0.15, -0.1) is 0 Å². The molecular weight excluding hydrogens is 514 g/mol. The predicted molar refractivity (Wildman–Crippen MR) is 133 cm³/mol. The van der Waals surface area contributed by atoms with Crippen LogP contribution >= 0.6 is 21.6 Å². The molecule has 0 bridgehead atoms. The minimum absolute atomic E-state index is 0.0605. The lowest BCUT2D eigenvalue weighted by atomic mass is 9.89. The van der Waals surface area contributed by atoms with Gasteiger partial charge in [0.05, 0.1) is 19.8 Å². The molecule has 0 unspecified atom stereocenters. The van der Waals surface area contributed by atoms with Crippen LogP contribution in [0.15, 0.2) is 0 Å². The number of esters is 3. The second-order valence-electron chi connectivity index (χ2n) is 10.1. The van der Waals surface area contributed by atoms with Crippen molar-refractivity contribution in [3.05, 3.63) is 0 Å². The predicted octanol–water partition coefficient (Wildman–Crippen LogP) is 2.34. The van der Waals surface area contributed by atoms with Gasteiger partial charge >= 0.3 is 17.9 Å². The van der Waals surface area contributed by atoms with E-state index in [0.29, 0.717) is 0 Å². The summed E-state index contributed by atoms with van der Waals surface area (Å²) in [5.74, 6) is -3.36. The molecule has 1 amide bonds. The summed E-state index contributed by atoms with van der Waals surface area (Å²) in [5.41, 5.74) is 0. The van der Waals surface area contributed by atoms with Crippen molar-refractivity contribution in [3.63, 3.8) is 0 Å². The zero-order valence-electron chi connectivity index (χ0n) is 22.2. The maximum Gasteiger partial charge on any atom is 0.349 e. The van der Waals surface area contributed by atoms with E-state index >= 15 is 0 Å². The maximum absolute atomic E-state index is 13.2.